The number of anilines is 1. The third-order valence-corrected chi connectivity index (χ3v) is 3.31. The van der Waals surface area contributed by atoms with Gasteiger partial charge in [-0.25, -0.2) is 4.39 Å². The summed E-state index contributed by atoms with van der Waals surface area (Å²) in [5.41, 5.74) is 5.66. The summed E-state index contributed by atoms with van der Waals surface area (Å²) < 4.78 is 14.7. The molecule has 15 heavy (non-hydrogen) atoms. The van der Waals surface area contributed by atoms with Gasteiger partial charge in [-0.3, -0.25) is 0 Å². The summed E-state index contributed by atoms with van der Waals surface area (Å²) in [6, 6.07) is 7.22. The number of hydrogen-bond acceptors (Lipinski definition) is 2. The predicted molar refractivity (Wildman–Crippen MR) is 60.3 cm³/mol. The van der Waals surface area contributed by atoms with E-state index in [9.17, 15) is 4.39 Å². The molecular weight excluding hydrogens is 191 g/mol. The van der Waals surface area contributed by atoms with Crippen molar-refractivity contribution in [3.63, 3.8) is 0 Å². The van der Waals surface area contributed by atoms with Gasteiger partial charge in [0.15, 0.2) is 0 Å². The van der Waals surface area contributed by atoms with Gasteiger partial charge in [0.2, 0.25) is 0 Å². The fourth-order valence-corrected chi connectivity index (χ4v) is 2.28. The summed E-state index contributed by atoms with van der Waals surface area (Å²) in [4.78, 5) is 0. The number of hydrogen-bond donors (Lipinski definition) is 2. The van der Waals surface area contributed by atoms with E-state index >= 15 is 0 Å². The summed E-state index contributed by atoms with van der Waals surface area (Å²) >= 11 is 0. The Kier molecular flexibility index (Phi) is 2.65. The number of alkyl halides is 1. The molecular formula is C12H17FN2. The highest BCUT2D eigenvalue weighted by atomic mass is 19.1. The van der Waals surface area contributed by atoms with Crippen molar-refractivity contribution in [2.75, 3.05) is 18.8 Å². The molecule has 0 aliphatic carbocycles. The van der Waals surface area contributed by atoms with Crippen LogP contribution in [0.3, 0.4) is 0 Å². The van der Waals surface area contributed by atoms with E-state index in [0.29, 0.717) is 11.3 Å². The maximum Gasteiger partial charge on any atom is 0.139 e. The highest BCUT2D eigenvalue weighted by Gasteiger charge is 2.38. The molecule has 82 valence electrons. The second-order valence-electron chi connectivity index (χ2n) is 4.35. The van der Waals surface area contributed by atoms with Crippen molar-refractivity contribution in [3.8, 4) is 0 Å². The van der Waals surface area contributed by atoms with E-state index in [-0.39, 0.29) is 5.92 Å². The molecule has 2 rings (SSSR count). The standard InChI is InChI=1S/C12H17FN2/c1-12(13,9-6-7-15-8-9)10-4-2-3-5-11(10)14/h2-5,9,15H,6-8,14H2,1H3. The van der Waals surface area contributed by atoms with Crippen molar-refractivity contribution in [3.05, 3.63) is 29.8 Å². The van der Waals surface area contributed by atoms with Crippen molar-refractivity contribution in [1.29, 1.82) is 0 Å². The first-order valence-corrected chi connectivity index (χ1v) is 5.37. The van der Waals surface area contributed by atoms with Crippen LogP contribution in [0.4, 0.5) is 10.1 Å². The third kappa shape index (κ3) is 1.84. The lowest BCUT2D eigenvalue weighted by atomic mass is 9.83. The highest BCUT2D eigenvalue weighted by molar-refractivity contribution is 5.49. The van der Waals surface area contributed by atoms with Gasteiger partial charge in [-0.05, 0) is 26.0 Å². The van der Waals surface area contributed by atoms with Crippen LogP contribution in [0.15, 0.2) is 24.3 Å². The van der Waals surface area contributed by atoms with Crippen molar-refractivity contribution in [2.45, 2.75) is 19.0 Å². The molecule has 1 aromatic carbocycles. The number of nitrogens with one attached hydrogen (secondary N) is 1. The quantitative estimate of drug-likeness (QED) is 0.730. The fourth-order valence-electron chi connectivity index (χ4n) is 2.28. The molecule has 0 saturated carbocycles. The Labute approximate surface area is 89.7 Å². The first kappa shape index (κ1) is 10.4. The molecule has 1 aromatic rings. The van der Waals surface area contributed by atoms with E-state index < -0.39 is 5.67 Å². The van der Waals surface area contributed by atoms with Crippen molar-refractivity contribution < 1.29 is 4.39 Å². The second-order valence-corrected chi connectivity index (χ2v) is 4.35. The van der Waals surface area contributed by atoms with Crippen molar-refractivity contribution >= 4 is 5.69 Å². The van der Waals surface area contributed by atoms with Gasteiger partial charge < -0.3 is 11.1 Å². The molecule has 0 amide bonds. The molecule has 2 unspecified atom stereocenters. The molecule has 0 bridgehead atoms. The maximum atomic E-state index is 14.7. The van der Waals surface area contributed by atoms with Crippen LogP contribution in [-0.2, 0) is 5.67 Å². The fraction of sp³-hybridized carbons (Fsp3) is 0.500. The average Bonchev–Trinajstić information content (AvgIpc) is 2.71. The smallest absolute Gasteiger partial charge is 0.139 e. The topological polar surface area (TPSA) is 38.0 Å². The minimum Gasteiger partial charge on any atom is -0.398 e. The number of benzene rings is 1. The number of rotatable bonds is 2. The maximum absolute atomic E-state index is 14.7. The molecule has 3 heteroatoms. The molecule has 2 atom stereocenters. The molecule has 0 aromatic heterocycles. The lowest BCUT2D eigenvalue weighted by Gasteiger charge is -2.28. The Hall–Kier alpha value is -1.09. The number of nitrogen functional groups attached to an aromatic ring is 1. The first-order valence-electron chi connectivity index (χ1n) is 5.37. The Balaban J connectivity index is 2.31. The van der Waals surface area contributed by atoms with Crippen LogP contribution in [0, 0.1) is 5.92 Å². The van der Waals surface area contributed by atoms with E-state index in [1.807, 2.05) is 12.1 Å². The van der Waals surface area contributed by atoms with Crippen molar-refractivity contribution in [1.82, 2.24) is 5.32 Å². The number of nitrogens with two attached hydrogens (primary N) is 1. The minimum atomic E-state index is -1.32. The van der Waals surface area contributed by atoms with E-state index in [2.05, 4.69) is 5.32 Å². The zero-order valence-corrected chi connectivity index (χ0v) is 8.96. The summed E-state index contributed by atoms with van der Waals surface area (Å²) in [6.45, 7) is 3.27. The van der Waals surface area contributed by atoms with E-state index in [4.69, 9.17) is 5.73 Å². The van der Waals surface area contributed by atoms with Crippen LogP contribution in [-0.4, -0.2) is 13.1 Å². The van der Waals surface area contributed by atoms with Gasteiger partial charge in [0.1, 0.15) is 5.67 Å². The monoisotopic (exact) mass is 208 g/mol. The van der Waals surface area contributed by atoms with Gasteiger partial charge in [0, 0.05) is 23.7 Å². The van der Waals surface area contributed by atoms with Crippen LogP contribution in [0.25, 0.3) is 0 Å². The minimum absolute atomic E-state index is 0.0298. The van der Waals surface area contributed by atoms with Gasteiger partial charge >= 0.3 is 0 Å². The average molecular weight is 208 g/mol. The second kappa shape index (κ2) is 3.81. The van der Waals surface area contributed by atoms with Crippen LogP contribution >= 0.6 is 0 Å². The highest BCUT2D eigenvalue weighted by Crippen LogP contribution is 2.39. The molecule has 1 aliphatic rings. The summed E-state index contributed by atoms with van der Waals surface area (Å²) in [5, 5.41) is 3.19. The summed E-state index contributed by atoms with van der Waals surface area (Å²) in [6.07, 6.45) is 0.876. The molecule has 0 spiro atoms. The van der Waals surface area contributed by atoms with Gasteiger partial charge in [-0.1, -0.05) is 18.2 Å². The summed E-state index contributed by atoms with van der Waals surface area (Å²) in [7, 11) is 0. The van der Waals surface area contributed by atoms with Gasteiger partial charge in [-0.15, -0.1) is 0 Å². The predicted octanol–water partition coefficient (Wildman–Crippen LogP) is 2.06. The van der Waals surface area contributed by atoms with Gasteiger partial charge in [0.05, 0.1) is 0 Å². The number of halogens is 1. The number of para-hydroxylation sites is 1. The van der Waals surface area contributed by atoms with Crippen LogP contribution in [0.1, 0.15) is 18.9 Å². The first-order chi connectivity index (χ1) is 7.12. The van der Waals surface area contributed by atoms with Crippen molar-refractivity contribution in [2.24, 2.45) is 5.92 Å². The van der Waals surface area contributed by atoms with Gasteiger partial charge in [-0.2, -0.15) is 0 Å². The zero-order valence-electron chi connectivity index (χ0n) is 8.96. The Morgan fingerprint density at radius 2 is 2.20 bits per heavy atom. The van der Waals surface area contributed by atoms with E-state index in [1.165, 1.54) is 0 Å². The lowest BCUT2D eigenvalue weighted by Crippen LogP contribution is -2.29. The van der Waals surface area contributed by atoms with E-state index in [1.54, 1.807) is 19.1 Å². The molecule has 1 fully saturated rings. The summed E-state index contributed by atoms with van der Waals surface area (Å²) in [5.74, 6) is 0.0298. The molecule has 3 N–H and O–H groups in total. The molecule has 0 radical (unpaired) electrons. The van der Waals surface area contributed by atoms with Crippen LogP contribution in [0.2, 0.25) is 0 Å². The molecule has 1 saturated heterocycles. The Morgan fingerprint density at radius 1 is 1.47 bits per heavy atom. The largest absolute Gasteiger partial charge is 0.398 e. The van der Waals surface area contributed by atoms with Gasteiger partial charge in [0.25, 0.3) is 0 Å². The van der Waals surface area contributed by atoms with Crippen LogP contribution in [0.5, 0.6) is 0 Å². The SMILES string of the molecule is CC(F)(c1ccccc1N)C1CCNC1. The third-order valence-electron chi connectivity index (χ3n) is 3.31. The Morgan fingerprint density at radius 3 is 2.80 bits per heavy atom. The zero-order chi connectivity index (χ0) is 10.9. The normalized spacial score (nSPS) is 25.1. The Bertz CT molecular complexity index is 343. The molecule has 1 aliphatic heterocycles. The van der Waals surface area contributed by atoms with E-state index in [0.717, 1.165) is 19.5 Å². The molecule has 1 heterocycles. The van der Waals surface area contributed by atoms with Crippen LogP contribution < -0.4 is 11.1 Å². The lowest BCUT2D eigenvalue weighted by molar-refractivity contribution is 0.113. The molecule has 2 nitrogen and oxygen atoms in total.